The molecule has 4 N–H and O–H groups in total. The summed E-state index contributed by atoms with van der Waals surface area (Å²) in [5, 5.41) is 9.98. The molecule has 1 amide bonds. The predicted octanol–water partition coefficient (Wildman–Crippen LogP) is -0.654. The molecule has 116 valence electrons. The van der Waals surface area contributed by atoms with Gasteiger partial charge in [-0.2, -0.15) is 0 Å². The Morgan fingerprint density at radius 1 is 1.38 bits per heavy atom. The largest absolute Gasteiger partial charge is 0.491 e. The summed E-state index contributed by atoms with van der Waals surface area (Å²) < 4.78 is 18.2. The summed E-state index contributed by atoms with van der Waals surface area (Å²) in [6.45, 7) is 2.42. The van der Waals surface area contributed by atoms with Crippen LogP contribution in [0.4, 0.5) is 4.39 Å². The number of quaternary nitrogens is 1. The lowest BCUT2D eigenvalue weighted by molar-refractivity contribution is -0.908. The first-order valence-corrected chi connectivity index (χ1v) is 7.24. The summed E-state index contributed by atoms with van der Waals surface area (Å²) in [6.07, 6.45) is 0.960. The zero-order valence-electron chi connectivity index (χ0n) is 11.9. The van der Waals surface area contributed by atoms with Gasteiger partial charge in [0.25, 0.3) is 0 Å². The molecular weight excluding hydrogens is 275 g/mol. The number of hydrogen-bond donors (Lipinski definition) is 3. The van der Waals surface area contributed by atoms with Crippen LogP contribution in [0.15, 0.2) is 24.3 Å². The number of piperidine rings is 1. The second kappa shape index (κ2) is 7.38. The van der Waals surface area contributed by atoms with Gasteiger partial charge in [-0.3, -0.25) is 4.79 Å². The third kappa shape index (κ3) is 4.99. The lowest BCUT2D eigenvalue weighted by Gasteiger charge is -2.29. The molecule has 6 heteroatoms. The van der Waals surface area contributed by atoms with Crippen molar-refractivity contribution in [3.63, 3.8) is 0 Å². The zero-order chi connectivity index (χ0) is 15.2. The van der Waals surface area contributed by atoms with Gasteiger partial charge >= 0.3 is 0 Å². The molecular formula is C15H22FN2O3+. The Labute approximate surface area is 123 Å². The third-order valence-corrected chi connectivity index (χ3v) is 3.88. The molecule has 0 radical (unpaired) electrons. The van der Waals surface area contributed by atoms with E-state index in [-0.39, 0.29) is 24.2 Å². The molecule has 1 atom stereocenters. The van der Waals surface area contributed by atoms with Crippen molar-refractivity contribution in [1.29, 1.82) is 0 Å². The van der Waals surface area contributed by atoms with Gasteiger partial charge in [-0.1, -0.05) is 0 Å². The first-order chi connectivity index (χ1) is 10.0. The van der Waals surface area contributed by atoms with Crippen molar-refractivity contribution in [1.82, 2.24) is 0 Å². The SMILES string of the molecule is NC(=O)C1CC[NH+](C[C@@H](O)COc2ccc(F)cc2)CC1. The lowest BCUT2D eigenvalue weighted by Crippen LogP contribution is -3.14. The van der Waals surface area contributed by atoms with Crippen molar-refractivity contribution in [3.8, 4) is 5.75 Å². The van der Waals surface area contributed by atoms with Crippen molar-refractivity contribution in [2.75, 3.05) is 26.2 Å². The van der Waals surface area contributed by atoms with Crippen molar-refractivity contribution in [2.45, 2.75) is 18.9 Å². The van der Waals surface area contributed by atoms with Gasteiger partial charge in [0, 0.05) is 18.8 Å². The Morgan fingerprint density at radius 2 is 2.00 bits per heavy atom. The number of carbonyl (C=O) groups excluding carboxylic acids is 1. The van der Waals surface area contributed by atoms with E-state index < -0.39 is 6.10 Å². The minimum Gasteiger partial charge on any atom is -0.491 e. The quantitative estimate of drug-likeness (QED) is 0.653. The van der Waals surface area contributed by atoms with E-state index in [0.717, 1.165) is 25.9 Å². The molecule has 1 aromatic rings. The Hall–Kier alpha value is -1.66. The van der Waals surface area contributed by atoms with E-state index in [9.17, 15) is 14.3 Å². The maximum absolute atomic E-state index is 12.7. The number of amides is 1. The van der Waals surface area contributed by atoms with Crippen LogP contribution in [0.3, 0.4) is 0 Å². The van der Waals surface area contributed by atoms with Crippen LogP contribution >= 0.6 is 0 Å². The third-order valence-electron chi connectivity index (χ3n) is 3.88. The van der Waals surface area contributed by atoms with Gasteiger partial charge in [-0.25, -0.2) is 4.39 Å². The first kappa shape index (κ1) is 15.7. The number of carbonyl (C=O) groups is 1. The van der Waals surface area contributed by atoms with Gasteiger partial charge in [-0.15, -0.1) is 0 Å². The number of rotatable bonds is 6. The standard InChI is InChI=1S/C15H21FN2O3/c16-12-1-3-14(4-2-12)21-10-13(19)9-18-7-5-11(6-8-18)15(17)20/h1-4,11,13,19H,5-10H2,(H2,17,20)/p+1/t13-/m1/s1. The number of halogens is 1. The van der Waals surface area contributed by atoms with E-state index in [1.807, 2.05) is 0 Å². The van der Waals surface area contributed by atoms with Crippen LogP contribution in [-0.4, -0.2) is 43.4 Å². The fourth-order valence-electron chi connectivity index (χ4n) is 2.63. The molecule has 1 fully saturated rings. The Morgan fingerprint density at radius 3 is 2.57 bits per heavy atom. The molecule has 0 unspecified atom stereocenters. The van der Waals surface area contributed by atoms with Gasteiger partial charge < -0.3 is 20.5 Å². The van der Waals surface area contributed by atoms with E-state index in [1.165, 1.54) is 29.2 Å². The second-order valence-corrected chi connectivity index (χ2v) is 5.55. The molecule has 0 aromatic heterocycles. The molecule has 0 spiro atoms. The van der Waals surface area contributed by atoms with E-state index in [2.05, 4.69) is 0 Å². The smallest absolute Gasteiger partial charge is 0.220 e. The van der Waals surface area contributed by atoms with Crippen LogP contribution in [0.5, 0.6) is 5.75 Å². The number of aliphatic hydroxyl groups excluding tert-OH is 1. The molecule has 21 heavy (non-hydrogen) atoms. The maximum atomic E-state index is 12.7. The highest BCUT2D eigenvalue weighted by atomic mass is 19.1. The van der Waals surface area contributed by atoms with Crippen molar-refractivity contribution in [2.24, 2.45) is 11.7 Å². The highest BCUT2D eigenvalue weighted by molar-refractivity contribution is 5.76. The Kier molecular flexibility index (Phi) is 5.52. The number of nitrogens with one attached hydrogen (secondary N) is 1. The molecule has 1 heterocycles. The van der Waals surface area contributed by atoms with E-state index in [0.29, 0.717) is 12.3 Å². The summed E-state index contributed by atoms with van der Waals surface area (Å²) >= 11 is 0. The van der Waals surface area contributed by atoms with Gasteiger partial charge in [0.05, 0.1) is 13.1 Å². The van der Waals surface area contributed by atoms with Crippen LogP contribution in [0, 0.1) is 11.7 Å². The average molecular weight is 297 g/mol. The number of ether oxygens (including phenoxy) is 1. The van der Waals surface area contributed by atoms with Gasteiger partial charge in [-0.05, 0) is 24.3 Å². The average Bonchev–Trinajstić information content (AvgIpc) is 2.47. The molecule has 0 bridgehead atoms. The summed E-state index contributed by atoms with van der Waals surface area (Å²) in [5.74, 6) is -0.0295. The van der Waals surface area contributed by atoms with Crippen molar-refractivity contribution in [3.05, 3.63) is 30.1 Å². The molecule has 1 aromatic carbocycles. The summed E-state index contributed by atoms with van der Waals surface area (Å²) in [4.78, 5) is 12.3. The van der Waals surface area contributed by atoms with Crippen LogP contribution < -0.4 is 15.4 Å². The van der Waals surface area contributed by atoms with Gasteiger partial charge in [0.15, 0.2) is 0 Å². The van der Waals surface area contributed by atoms with Crippen LogP contribution in [0.2, 0.25) is 0 Å². The minimum atomic E-state index is -0.588. The second-order valence-electron chi connectivity index (χ2n) is 5.55. The van der Waals surface area contributed by atoms with Crippen LogP contribution in [0.1, 0.15) is 12.8 Å². The molecule has 1 aliphatic heterocycles. The number of aliphatic hydroxyl groups is 1. The van der Waals surface area contributed by atoms with Gasteiger partial charge in [0.1, 0.15) is 30.8 Å². The zero-order valence-corrected chi connectivity index (χ0v) is 11.9. The van der Waals surface area contributed by atoms with E-state index in [4.69, 9.17) is 10.5 Å². The first-order valence-electron chi connectivity index (χ1n) is 7.24. The number of nitrogens with two attached hydrogens (primary N) is 1. The molecule has 1 aliphatic rings. The normalized spacial score (nSPS) is 23.5. The minimum absolute atomic E-state index is 0.0265. The number of hydrogen-bond acceptors (Lipinski definition) is 3. The predicted molar refractivity (Wildman–Crippen MR) is 75.4 cm³/mol. The number of primary amides is 1. The fraction of sp³-hybridized carbons (Fsp3) is 0.533. The van der Waals surface area contributed by atoms with Crippen molar-refractivity contribution >= 4 is 5.91 Å². The molecule has 1 saturated heterocycles. The topological polar surface area (TPSA) is 77.0 Å². The van der Waals surface area contributed by atoms with E-state index in [1.54, 1.807) is 0 Å². The van der Waals surface area contributed by atoms with Crippen LogP contribution in [0.25, 0.3) is 0 Å². The lowest BCUT2D eigenvalue weighted by atomic mass is 9.96. The number of benzene rings is 1. The van der Waals surface area contributed by atoms with Gasteiger partial charge in [0.2, 0.25) is 5.91 Å². The van der Waals surface area contributed by atoms with E-state index >= 15 is 0 Å². The monoisotopic (exact) mass is 297 g/mol. The summed E-state index contributed by atoms with van der Waals surface area (Å²) in [6, 6.07) is 5.71. The highest BCUT2D eigenvalue weighted by Gasteiger charge is 2.27. The highest BCUT2D eigenvalue weighted by Crippen LogP contribution is 2.11. The fourth-order valence-corrected chi connectivity index (χ4v) is 2.63. The number of likely N-dealkylation sites (tertiary alicyclic amines) is 1. The van der Waals surface area contributed by atoms with Crippen LogP contribution in [-0.2, 0) is 4.79 Å². The molecule has 0 saturated carbocycles. The van der Waals surface area contributed by atoms with Crippen molar-refractivity contribution < 1.29 is 23.9 Å². The molecule has 5 nitrogen and oxygen atoms in total. The Balaban J connectivity index is 1.69. The summed E-state index contributed by atoms with van der Waals surface area (Å²) in [5.41, 5.74) is 5.29. The Bertz CT molecular complexity index is 458. The molecule has 2 rings (SSSR count). The molecule has 0 aliphatic carbocycles. The summed E-state index contributed by atoms with van der Waals surface area (Å²) in [7, 11) is 0. The maximum Gasteiger partial charge on any atom is 0.220 e.